The highest BCUT2D eigenvalue weighted by Gasteiger charge is 2.22. The Kier molecular flexibility index (Phi) is 29.6. The maximum absolute atomic E-state index is 12.1. The Hall–Kier alpha value is -14.9. The topological polar surface area (TPSA) is 558 Å². The highest BCUT2D eigenvalue weighted by Crippen LogP contribution is 2.31. The minimum Gasteiger partial charge on any atom is -0.477 e. The molecule has 11 heterocycles. The van der Waals surface area contributed by atoms with Crippen molar-refractivity contribution in [2.45, 2.75) is 36.2 Å². The number of hydrogen-bond donors (Lipinski definition) is 14. The second kappa shape index (κ2) is 41.7. The number of primary amides is 2. The quantitative estimate of drug-likeness (QED) is 0.0104. The van der Waals surface area contributed by atoms with Crippen molar-refractivity contribution in [1.82, 2.24) is 106 Å². The lowest BCUT2D eigenvalue weighted by Crippen LogP contribution is -2.48. The van der Waals surface area contributed by atoms with Crippen LogP contribution in [0.3, 0.4) is 0 Å². The van der Waals surface area contributed by atoms with E-state index in [1.807, 2.05) is 139 Å². The number of aromatic nitrogens is 20. The number of halogens is 2. The van der Waals surface area contributed by atoms with Crippen LogP contribution in [0, 0.1) is 0 Å². The first-order valence-corrected chi connectivity index (χ1v) is 41.3. The number of ether oxygens (including phenoxy) is 2. The van der Waals surface area contributed by atoms with E-state index in [2.05, 4.69) is 132 Å². The Balaban J connectivity index is 0.000000140. The molecular weight excluding hydrogens is 1680 g/mol. The van der Waals surface area contributed by atoms with Gasteiger partial charge in [-0.3, -0.25) is 39.9 Å². The van der Waals surface area contributed by atoms with Crippen molar-refractivity contribution in [3.05, 3.63) is 215 Å². The number of piperazine rings is 1. The Labute approximate surface area is 720 Å². The van der Waals surface area contributed by atoms with Crippen LogP contribution in [0.2, 0.25) is 10.4 Å². The summed E-state index contributed by atoms with van der Waals surface area (Å²) in [5.74, 6) is -1.48. The summed E-state index contributed by atoms with van der Waals surface area (Å²) < 4.78 is 9.76. The standard InChI is InChI=1S/C24H25N9O2.C15H15N5O2S.C13H12N6OS.C13H11N5O2S.C7H6Cl2N2O2.C7H7N3/c1-15(34)32-8-10-33(11-9-32)19-6-4-17(5-7-19)29-24-26-14-20(22(25)35)23(30-24)28-18-3-2-16-13-27-31-21(16)12-18;1-3-22-14(21)11-8-16-15(23-2)19-13(11)18-10-5-4-9-7-17-20-12(9)6-10;1-21-13-15-6-9(11(14)20)12(18-13)17-8-3-2-7-5-16-19-10(7)4-8;1-21-13-14-6-9(12(19)20)11(17-13)16-8-3-2-7-5-15-18-10(7)4-8;1-2-13-6(12)4-3-10-7(9)11-5(4)8;8-6-2-1-5-4-9-10-7(5)3-6/h2-7,12-14H,8-11H2,1H3,(H2,25,35)(H,27,31)(H2,26,28,29,30);4-8H,3H2,1-2H3,(H,17,20)(H,16,18,19);2-6H,1H3,(H2,14,20)(H,16,19)(H,15,17,18);2-6H,1H3,(H,15,18)(H,19,20)(H,14,16,17);3H,2H2,1H3;1-4H,8H2,(H,9,10). The Bertz CT molecular complexity index is 6310. The zero-order chi connectivity index (χ0) is 87.1. The predicted molar refractivity (Wildman–Crippen MR) is 474 cm³/mol. The molecule has 44 heteroatoms. The van der Waals surface area contributed by atoms with Gasteiger partial charge in [-0.15, -0.1) is 0 Å². The predicted octanol–water partition coefficient (Wildman–Crippen LogP) is 13.1. The van der Waals surface area contributed by atoms with Crippen LogP contribution in [0.5, 0.6) is 0 Å². The third kappa shape index (κ3) is 23.4. The fourth-order valence-corrected chi connectivity index (χ4v) is 12.9. The number of anilines is 12. The second-order valence-corrected chi connectivity index (χ2v) is 28.7. The molecule has 0 bridgehead atoms. The van der Waals surface area contributed by atoms with Gasteiger partial charge in [0, 0.05) is 131 Å². The minimum atomic E-state index is -1.08. The van der Waals surface area contributed by atoms with Gasteiger partial charge in [-0.1, -0.05) is 46.9 Å². The molecular formula is C79H76Cl2N30O9S3. The van der Waals surface area contributed by atoms with E-state index in [9.17, 15) is 33.9 Å². The lowest BCUT2D eigenvalue weighted by atomic mass is 10.2. The minimum absolute atomic E-state index is 0.00144. The number of carboxylic acid groups (broad SMARTS) is 1. The van der Waals surface area contributed by atoms with E-state index < -0.39 is 29.7 Å². The molecule has 17 rings (SSSR count). The molecule has 39 nitrogen and oxygen atoms in total. The number of thioether (sulfide) groups is 3. The molecule has 0 spiro atoms. The highest BCUT2D eigenvalue weighted by atomic mass is 35.5. The molecule has 10 aromatic heterocycles. The number of aromatic amines is 5. The Morgan fingerprint density at radius 3 is 1.19 bits per heavy atom. The summed E-state index contributed by atoms with van der Waals surface area (Å²) in [5, 5.41) is 65.7. The van der Waals surface area contributed by atoms with Crippen LogP contribution in [-0.4, -0.2) is 205 Å². The van der Waals surface area contributed by atoms with E-state index in [1.165, 1.54) is 66.3 Å². The molecule has 628 valence electrons. The SMILES string of the molecule is CC(=O)N1CCN(c2ccc(Nc3ncc(C(N)=O)c(Nc4ccc5cn[nH]c5c4)n3)cc2)CC1.CCOC(=O)c1cnc(Cl)nc1Cl.CCOC(=O)c1cnc(SC)nc1Nc1ccc2cn[nH]c2c1.CSc1ncc(C(=O)O)c(Nc2ccc3cn[nH]c3c2)n1.CSc1ncc(C(N)=O)c(Nc2ccc3cn[nH]c3c2)n1.Nc1ccc2cn[nH]c2c1. The van der Waals surface area contributed by atoms with Crippen LogP contribution in [0.25, 0.3) is 54.5 Å². The maximum atomic E-state index is 12.1. The summed E-state index contributed by atoms with van der Waals surface area (Å²) in [6.07, 6.45) is 21.1. The molecule has 1 saturated heterocycles. The van der Waals surface area contributed by atoms with Crippen molar-refractivity contribution < 1.29 is 43.3 Å². The second-order valence-electron chi connectivity index (χ2n) is 25.7. The van der Waals surface area contributed by atoms with Crippen molar-refractivity contribution in [2.75, 3.05) is 95.4 Å². The molecule has 0 radical (unpaired) electrons. The number of nitrogens with one attached hydrogen (secondary N) is 10. The van der Waals surface area contributed by atoms with Gasteiger partial charge in [-0.2, -0.15) is 30.5 Å². The van der Waals surface area contributed by atoms with Gasteiger partial charge in [0.25, 0.3) is 11.8 Å². The van der Waals surface area contributed by atoms with Crippen LogP contribution < -0.4 is 48.7 Å². The third-order valence-electron chi connectivity index (χ3n) is 17.6. The first-order valence-electron chi connectivity index (χ1n) is 36.8. The van der Waals surface area contributed by atoms with Gasteiger partial charge in [0.2, 0.25) is 17.1 Å². The molecule has 123 heavy (non-hydrogen) atoms. The summed E-state index contributed by atoms with van der Waals surface area (Å²) in [5.41, 5.74) is 27.4. The average Bonchev–Trinajstić information content (AvgIpc) is 1.67. The number of carbonyl (C=O) groups excluding carboxylic acids is 5. The lowest BCUT2D eigenvalue weighted by Gasteiger charge is -2.35. The van der Waals surface area contributed by atoms with Crippen LogP contribution >= 0.6 is 58.5 Å². The molecule has 17 N–H and O–H groups in total. The number of rotatable bonds is 21. The monoisotopic (exact) mass is 1750 g/mol. The van der Waals surface area contributed by atoms with E-state index in [-0.39, 0.29) is 51.0 Å². The number of aromatic carboxylic acids is 1. The number of H-pyrrole nitrogens is 5. The summed E-state index contributed by atoms with van der Waals surface area (Å²) >= 11 is 15.2. The van der Waals surface area contributed by atoms with E-state index in [1.54, 1.807) is 51.8 Å². The largest absolute Gasteiger partial charge is 0.477 e. The molecule has 1 aliphatic rings. The summed E-state index contributed by atoms with van der Waals surface area (Å²) in [4.78, 5) is 114. The molecule has 1 fully saturated rings. The van der Waals surface area contributed by atoms with E-state index in [4.69, 9.17) is 49.9 Å². The van der Waals surface area contributed by atoms with Gasteiger partial charge in [0.05, 0.1) is 71.8 Å². The first-order chi connectivity index (χ1) is 59.5. The summed E-state index contributed by atoms with van der Waals surface area (Å²) in [6, 6.07) is 36.2. The van der Waals surface area contributed by atoms with Crippen molar-refractivity contribution >= 4 is 218 Å². The summed E-state index contributed by atoms with van der Waals surface area (Å²) in [7, 11) is 0. The highest BCUT2D eigenvalue weighted by molar-refractivity contribution is 7.98. The van der Waals surface area contributed by atoms with Crippen molar-refractivity contribution in [1.29, 1.82) is 0 Å². The lowest BCUT2D eigenvalue weighted by molar-refractivity contribution is -0.129. The normalized spacial score (nSPS) is 11.4. The Morgan fingerprint density at radius 2 is 0.789 bits per heavy atom. The van der Waals surface area contributed by atoms with Crippen LogP contribution in [-0.2, 0) is 14.3 Å². The Morgan fingerprint density at radius 1 is 0.431 bits per heavy atom. The number of fused-ring (bicyclic) bond motifs is 5. The first kappa shape index (κ1) is 87.4. The van der Waals surface area contributed by atoms with E-state index in [0.29, 0.717) is 51.0 Å². The van der Waals surface area contributed by atoms with Gasteiger partial charge in [0.1, 0.15) is 56.2 Å². The van der Waals surface area contributed by atoms with Gasteiger partial charge < -0.3 is 68.2 Å². The fourth-order valence-electron chi connectivity index (χ4n) is 11.5. The molecule has 1 aliphatic heterocycles. The number of amides is 3. The van der Waals surface area contributed by atoms with Crippen molar-refractivity contribution in [3.8, 4) is 0 Å². The third-order valence-corrected chi connectivity index (χ3v) is 19.8. The number of carbonyl (C=O) groups is 6. The molecule has 16 aromatic rings. The van der Waals surface area contributed by atoms with E-state index in [0.717, 1.165) is 121 Å². The number of nitrogens with zero attached hydrogens (tertiary/aromatic N) is 17. The van der Waals surface area contributed by atoms with E-state index >= 15 is 0 Å². The molecule has 0 saturated carbocycles. The molecule has 6 aromatic carbocycles. The van der Waals surface area contributed by atoms with Crippen LogP contribution in [0.1, 0.15) is 72.6 Å². The van der Waals surface area contributed by atoms with Gasteiger partial charge >= 0.3 is 17.9 Å². The van der Waals surface area contributed by atoms with Crippen molar-refractivity contribution in [3.63, 3.8) is 0 Å². The summed E-state index contributed by atoms with van der Waals surface area (Å²) in [6.45, 7) is 8.66. The molecule has 3 amide bonds. The number of benzene rings is 6. The maximum Gasteiger partial charge on any atom is 0.343 e. The smallest absolute Gasteiger partial charge is 0.343 e. The number of nitrogens with two attached hydrogens (primary N) is 3. The zero-order valence-corrected chi connectivity index (χ0v) is 70.0. The number of esters is 2. The van der Waals surface area contributed by atoms with Gasteiger partial charge in [0.15, 0.2) is 15.5 Å². The zero-order valence-electron chi connectivity index (χ0n) is 66.0. The number of nitrogen functional groups attached to an aromatic ring is 1. The molecule has 0 aliphatic carbocycles. The van der Waals surface area contributed by atoms with Crippen LogP contribution in [0.4, 0.5) is 69.0 Å². The molecule has 0 atom stereocenters. The fraction of sp³-hybridized carbons (Fsp3) is 0.152. The van der Waals surface area contributed by atoms with Gasteiger partial charge in [-0.05, 0) is 159 Å². The van der Waals surface area contributed by atoms with Crippen LogP contribution in [0.15, 0.2) is 193 Å². The average molecular weight is 1760 g/mol. The molecule has 0 unspecified atom stereocenters. The number of carboxylic acids is 1. The van der Waals surface area contributed by atoms with Crippen molar-refractivity contribution in [2.24, 2.45) is 11.5 Å². The van der Waals surface area contributed by atoms with Gasteiger partial charge in [-0.25, -0.2) is 59.2 Å². The number of hydrogen-bond acceptors (Lipinski definition) is 33.